The summed E-state index contributed by atoms with van der Waals surface area (Å²) in [6.45, 7) is 4.58. The predicted molar refractivity (Wildman–Crippen MR) is 123 cm³/mol. The van der Waals surface area contributed by atoms with Crippen LogP contribution in [0.4, 0.5) is 5.88 Å². The summed E-state index contributed by atoms with van der Waals surface area (Å²) in [5.74, 6) is 2.14. The molecule has 1 saturated heterocycles. The summed E-state index contributed by atoms with van der Waals surface area (Å²) in [6, 6.07) is 13.6. The van der Waals surface area contributed by atoms with Gasteiger partial charge < -0.3 is 23.8 Å². The zero-order chi connectivity index (χ0) is 23.0. The number of rotatable bonds is 9. The number of ether oxygens (including phenoxy) is 1. The first-order valence-corrected chi connectivity index (χ1v) is 11.3. The van der Waals surface area contributed by atoms with E-state index in [1.807, 2.05) is 36.1 Å². The number of nitriles is 1. The summed E-state index contributed by atoms with van der Waals surface area (Å²) in [7, 11) is 0. The van der Waals surface area contributed by atoms with Crippen molar-refractivity contribution < 1.29 is 18.4 Å². The Balaban J connectivity index is 1.17. The maximum Gasteiger partial charge on any atom is 0.266 e. The quantitative estimate of drug-likeness (QED) is 0.487. The van der Waals surface area contributed by atoms with Gasteiger partial charge in [0, 0.05) is 25.6 Å². The van der Waals surface area contributed by atoms with Gasteiger partial charge in [0.1, 0.15) is 11.8 Å². The van der Waals surface area contributed by atoms with Crippen molar-refractivity contribution in [3.05, 3.63) is 53.9 Å². The number of anilines is 1. The standard InChI is InChI=1S/C25H28N4O4/c1-18-6-8-20(9-7-18)31-15-3-2-12-27-23(30)19-10-13-29(14-11-19)25-21(17-26)28-24(33-25)22-5-4-16-32-22/h4-9,16,19H,2-3,10-15H2,1H3,(H,27,30). The van der Waals surface area contributed by atoms with Crippen LogP contribution >= 0.6 is 0 Å². The van der Waals surface area contributed by atoms with E-state index in [2.05, 4.69) is 16.4 Å². The molecule has 0 aliphatic carbocycles. The SMILES string of the molecule is Cc1ccc(OCCCCNC(=O)C2CCN(c3oc(-c4ccco4)nc3C#N)CC2)cc1. The van der Waals surface area contributed by atoms with E-state index in [4.69, 9.17) is 13.6 Å². The van der Waals surface area contributed by atoms with Gasteiger partial charge in [0.15, 0.2) is 5.76 Å². The molecular weight excluding hydrogens is 420 g/mol. The van der Waals surface area contributed by atoms with Crippen LogP contribution in [0, 0.1) is 24.2 Å². The van der Waals surface area contributed by atoms with Crippen molar-refractivity contribution in [1.82, 2.24) is 10.3 Å². The van der Waals surface area contributed by atoms with Gasteiger partial charge in [-0.05, 0) is 56.9 Å². The lowest BCUT2D eigenvalue weighted by Gasteiger charge is -2.30. The number of carbonyl (C=O) groups is 1. The number of hydrogen-bond acceptors (Lipinski definition) is 7. The van der Waals surface area contributed by atoms with E-state index in [1.54, 1.807) is 12.1 Å². The van der Waals surface area contributed by atoms with Gasteiger partial charge in [-0.1, -0.05) is 17.7 Å². The van der Waals surface area contributed by atoms with Gasteiger partial charge in [-0.2, -0.15) is 10.2 Å². The van der Waals surface area contributed by atoms with Gasteiger partial charge in [-0.3, -0.25) is 4.79 Å². The normalized spacial score (nSPS) is 14.1. The lowest BCUT2D eigenvalue weighted by atomic mass is 9.96. The third-order valence-electron chi connectivity index (χ3n) is 5.76. The molecule has 3 aromatic rings. The number of aromatic nitrogens is 1. The molecule has 172 valence electrons. The molecule has 3 heterocycles. The Labute approximate surface area is 193 Å². The maximum absolute atomic E-state index is 12.5. The molecule has 1 amide bonds. The number of piperidine rings is 1. The second kappa shape index (κ2) is 10.7. The van der Waals surface area contributed by atoms with Crippen LogP contribution in [-0.2, 0) is 4.79 Å². The Morgan fingerprint density at radius 1 is 1.24 bits per heavy atom. The van der Waals surface area contributed by atoms with Gasteiger partial charge >= 0.3 is 0 Å². The highest BCUT2D eigenvalue weighted by atomic mass is 16.5. The van der Waals surface area contributed by atoms with E-state index in [1.165, 1.54) is 11.8 Å². The Hall–Kier alpha value is -3.73. The third kappa shape index (κ3) is 5.75. The zero-order valence-electron chi connectivity index (χ0n) is 18.8. The number of amides is 1. The smallest absolute Gasteiger partial charge is 0.266 e. The molecule has 1 aliphatic rings. The van der Waals surface area contributed by atoms with Crippen molar-refractivity contribution in [1.29, 1.82) is 5.26 Å². The van der Waals surface area contributed by atoms with Gasteiger partial charge in [0.05, 0.1) is 12.9 Å². The first kappa shape index (κ1) is 22.5. The second-order valence-electron chi connectivity index (χ2n) is 8.18. The zero-order valence-corrected chi connectivity index (χ0v) is 18.8. The molecule has 0 radical (unpaired) electrons. The fourth-order valence-corrected chi connectivity index (χ4v) is 3.86. The van der Waals surface area contributed by atoms with Crippen LogP contribution in [-0.4, -0.2) is 37.1 Å². The number of nitrogens with one attached hydrogen (secondary N) is 1. The van der Waals surface area contributed by atoms with E-state index in [0.717, 1.165) is 18.6 Å². The monoisotopic (exact) mass is 448 g/mol. The molecule has 0 atom stereocenters. The van der Waals surface area contributed by atoms with Crippen LogP contribution in [0.3, 0.4) is 0 Å². The van der Waals surface area contributed by atoms with Crippen LogP contribution in [0.25, 0.3) is 11.7 Å². The van der Waals surface area contributed by atoms with Crippen LogP contribution in [0.1, 0.15) is 36.9 Å². The minimum Gasteiger partial charge on any atom is -0.494 e. The fourth-order valence-electron chi connectivity index (χ4n) is 3.86. The van der Waals surface area contributed by atoms with Crippen molar-refractivity contribution in [3.8, 4) is 23.5 Å². The summed E-state index contributed by atoms with van der Waals surface area (Å²) in [5, 5.41) is 12.5. The highest BCUT2D eigenvalue weighted by molar-refractivity contribution is 5.79. The molecule has 8 nitrogen and oxygen atoms in total. The second-order valence-corrected chi connectivity index (χ2v) is 8.18. The highest BCUT2D eigenvalue weighted by Gasteiger charge is 2.29. The van der Waals surface area contributed by atoms with Crippen molar-refractivity contribution in [2.45, 2.75) is 32.6 Å². The van der Waals surface area contributed by atoms with E-state index in [-0.39, 0.29) is 23.4 Å². The van der Waals surface area contributed by atoms with Crippen LogP contribution < -0.4 is 15.0 Å². The average molecular weight is 449 g/mol. The molecule has 1 aromatic carbocycles. The summed E-state index contributed by atoms with van der Waals surface area (Å²) in [5.41, 5.74) is 1.44. The van der Waals surface area contributed by atoms with E-state index >= 15 is 0 Å². The van der Waals surface area contributed by atoms with Crippen LogP contribution in [0.5, 0.6) is 5.75 Å². The van der Waals surface area contributed by atoms with Crippen molar-refractivity contribution in [2.75, 3.05) is 31.1 Å². The van der Waals surface area contributed by atoms with Crippen molar-refractivity contribution >= 4 is 11.8 Å². The first-order valence-electron chi connectivity index (χ1n) is 11.3. The lowest BCUT2D eigenvalue weighted by molar-refractivity contribution is -0.125. The number of aryl methyl sites for hydroxylation is 1. The van der Waals surface area contributed by atoms with E-state index < -0.39 is 0 Å². The molecule has 4 rings (SSSR count). The minimum absolute atomic E-state index is 0.0388. The number of hydrogen-bond donors (Lipinski definition) is 1. The number of carbonyl (C=O) groups excluding carboxylic acids is 1. The molecule has 1 aliphatic heterocycles. The topological polar surface area (TPSA) is 105 Å². The summed E-state index contributed by atoms with van der Waals surface area (Å²) in [6.07, 6.45) is 4.68. The summed E-state index contributed by atoms with van der Waals surface area (Å²) >= 11 is 0. The maximum atomic E-state index is 12.5. The molecule has 2 aromatic heterocycles. The highest BCUT2D eigenvalue weighted by Crippen LogP contribution is 2.31. The van der Waals surface area contributed by atoms with Crippen LogP contribution in [0.15, 0.2) is 51.5 Å². The molecule has 1 N–H and O–H groups in total. The molecule has 0 spiro atoms. The van der Waals surface area contributed by atoms with Crippen LogP contribution in [0.2, 0.25) is 0 Å². The summed E-state index contributed by atoms with van der Waals surface area (Å²) in [4.78, 5) is 18.8. The number of unbranched alkanes of at least 4 members (excludes halogenated alkanes) is 1. The number of furan rings is 1. The van der Waals surface area contributed by atoms with Gasteiger partial charge in [-0.15, -0.1) is 0 Å². The largest absolute Gasteiger partial charge is 0.494 e. The third-order valence-corrected chi connectivity index (χ3v) is 5.76. The Bertz CT molecular complexity index is 1070. The summed E-state index contributed by atoms with van der Waals surface area (Å²) < 4.78 is 16.8. The van der Waals surface area contributed by atoms with Crippen molar-refractivity contribution in [2.24, 2.45) is 5.92 Å². The Morgan fingerprint density at radius 2 is 2.03 bits per heavy atom. The molecule has 0 bridgehead atoms. The first-order chi connectivity index (χ1) is 16.1. The number of benzene rings is 1. The molecule has 1 fully saturated rings. The van der Waals surface area contributed by atoms with Crippen molar-refractivity contribution in [3.63, 3.8) is 0 Å². The Kier molecular flexibility index (Phi) is 7.30. The fraction of sp³-hybridized carbons (Fsp3) is 0.400. The number of nitrogens with zero attached hydrogens (tertiary/aromatic N) is 3. The molecule has 0 unspecified atom stereocenters. The molecule has 8 heteroatoms. The van der Waals surface area contributed by atoms with Gasteiger partial charge in [-0.25, -0.2) is 0 Å². The average Bonchev–Trinajstić information content (AvgIpc) is 3.52. The lowest BCUT2D eigenvalue weighted by Crippen LogP contribution is -2.41. The van der Waals surface area contributed by atoms with E-state index in [0.29, 0.717) is 50.7 Å². The predicted octanol–water partition coefficient (Wildman–Crippen LogP) is 4.31. The molecule has 0 saturated carbocycles. The molecule has 33 heavy (non-hydrogen) atoms. The Morgan fingerprint density at radius 3 is 2.73 bits per heavy atom. The number of oxazole rings is 1. The minimum atomic E-state index is -0.0388. The van der Waals surface area contributed by atoms with Gasteiger partial charge in [0.25, 0.3) is 5.89 Å². The molecular formula is C25H28N4O4. The van der Waals surface area contributed by atoms with Gasteiger partial charge in [0.2, 0.25) is 17.5 Å². The van der Waals surface area contributed by atoms with E-state index in [9.17, 15) is 10.1 Å².